The van der Waals surface area contributed by atoms with Crippen molar-refractivity contribution in [3.63, 3.8) is 0 Å². The van der Waals surface area contributed by atoms with Crippen molar-refractivity contribution < 1.29 is 9.90 Å². The van der Waals surface area contributed by atoms with Gasteiger partial charge in [-0.2, -0.15) is 5.26 Å². The fourth-order valence-electron chi connectivity index (χ4n) is 2.96. The van der Waals surface area contributed by atoms with E-state index in [4.69, 9.17) is 0 Å². The van der Waals surface area contributed by atoms with E-state index in [0.717, 1.165) is 11.1 Å². The molecule has 0 unspecified atom stereocenters. The van der Waals surface area contributed by atoms with Gasteiger partial charge < -0.3 is 10.0 Å². The van der Waals surface area contributed by atoms with Crippen LogP contribution >= 0.6 is 0 Å². The maximum Gasteiger partial charge on any atom is 0.220 e. The first-order valence-corrected chi connectivity index (χ1v) is 6.66. The lowest BCUT2D eigenvalue weighted by Crippen LogP contribution is -2.64. The highest BCUT2D eigenvalue weighted by Gasteiger charge is 2.50. The molecular weight excluding hydrogens is 252 g/mol. The predicted molar refractivity (Wildman–Crippen MR) is 76.7 cm³/mol. The molecule has 1 aromatic carbocycles. The second-order valence-corrected chi connectivity index (χ2v) is 4.90. The summed E-state index contributed by atoms with van der Waals surface area (Å²) in [5.74, 6) is -0.309. The molecule has 3 atom stereocenters. The van der Waals surface area contributed by atoms with Gasteiger partial charge in [-0.3, -0.25) is 4.79 Å². The topological polar surface area (TPSA) is 64.3 Å². The van der Waals surface area contributed by atoms with E-state index in [1.165, 1.54) is 11.8 Å². The van der Waals surface area contributed by atoms with Gasteiger partial charge in [-0.05, 0) is 18.1 Å². The van der Waals surface area contributed by atoms with Gasteiger partial charge in [0.1, 0.15) is 6.04 Å². The molecule has 104 valence electrons. The minimum Gasteiger partial charge on any atom is -0.394 e. The molecule has 0 spiro atoms. The molecule has 0 bridgehead atoms. The van der Waals surface area contributed by atoms with Crippen LogP contribution in [-0.2, 0) is 4.79 Å². The van der Waals surface area contributed by atoms with Crippen LogP contribution in [0.1, 0.15) is 30.9 Å². The molecule has 1 heterocycles. The zero-order chi connectivity index (χ0) is 14.7. The zero-order valence-corrected chi connectivity index (χ0v) is 11.7. The van der Waals surface area contributed by atoms with Gasteiger partial charge in [-0.1, -0.05) is 36.4 Å². The van der Waals surface area contributed by atoms with E-state index in [0.29, 0.717) is 0 Å². The number of aliphatic hydroxyl groups is 1. The number of hydrogen-bond acceptors (Lipinski definition) is 3. The van der Waals surface area contributed by atoms with Gasteiger partial charge in [0.05, 0.1) is 18.7 Å². The number of likely N-dealkylation sites (tertiary alicyclic amines) is 1. The molecule has 0 radical (unpaired) electrons. The third kappa shape index (κ3) is 2.21. The van der Waals surface area contributed by atoms with E-state index >= 15 is 0 Å². The molecule has 1 N–H and O–H groups in total. The van der Waals surface area contributed by atoms with Crippen LogP contribution in [0, 0.1) is 11.3 Å². The average molecular weight is 270 g/mol. The lowest BCUT2D eigenvalue weighted by atomic mass is 9.74. The first-order valence-electron chi connectivity index (χ1n) is 6.66. The van der Waals surface area contributed by atoms with E-state index in [1.54, 1.807) is 0 Å². The molecule has 1 aliphatic rings. The Balaban J connectivity index is 2.42. The summed E-state index contributed by atoms with van der Waals surface area (Å²) in [4.78, 5) is 13.1. The summed E-state index contributed by atoms with van der Waals surface area (Å²) in [6, 6.07) is 9.17. The van der Waals surface area contributed by atoms with Crippen molar-refractivity contribution in [1.29, 1.82) is 5.26 Å². The number of benzene rings is 1. The quantitative estimate of drug-likeness (QED) is 0.912. The van der Waals surface area contributed by atoms with Crippen LogP contribution in [0.5, 0.6) is 0 Å². The van der Waals surface area contributed by atoms with Crippen molar-refractivity contribution in [2.75, 3.05) is 6.61 Å². The first-order chi connectivity index (χ1) is 9.65. The number of aliphatic hydroxyl groups excluding tert-OH is 1. The molecular formula is C16H18N2O2. The number of nitriles is 1. The lowest BCUT2D eigenvalue weighted by molar-refractivity contribution is -0.144. The standard InChI is InChI=1S/C16H18N2O2/c1-3-6-12-7-4-5-8-13(12)16-14(9-17)18(11(2)20)15(16)10-19/h3-8,14-16,19H,10H2,1-2H3/b6-3+/t14-,15-,16-/m1/s1. The predicted octanol–water partition coefficient (Wildman–Crippen LogP) is 1.92. The number of nitrogens with zero attached hydrogens (tertiary/aromatic N) is 2. The Morgan fingerprint density at radius 3 is 2.75 bits per heavy atom. The molecule has 1 fully saturated rings. The van der Waals surface area contributed by atoms with Crippen LogP contribution in [0.15, 0.2) is 30.3 Å². The summed E-state index contributed by atoms with van der Waals surface area (Å²) in [7, 11) is 0. The zero-order valence-electron chi connectivity index (χ0n) is 11.7. The SMILES string of the molecule is C/C=C/c1ccccc1[C@@H]1[C@@H](C#N)N(C(C)=O)[C@@H]1CO. The number of amides is 1. The van der Waals surface area contributed by atoms with Crippen molar-refractivity contribution in [2.45, 2.75) is 31.8 Å². The molecule has 4 nitrogen and oxygen atoms in total. The molecule has 0 aliphatic carbocycles. The molecule has 1 amide bonds. The Labute approximate surface area is 118 Å². The molecule has 0 saturated carbocycles. The van der Waals surface area contributed by atoms with Gasteiger partial charge in [0, 0.05) is 12.8 Å². The van der Waals surface area contributed by atoms with E-state index in [2.05, 4.69) is 6.07 Å². The summed E-state index contributed by atoms with van der Waals surface area (Å²) in [6.45, 7) is 3.23. The minimum atomic E-state index is -0.504. The van der Waals surface area contributed by atoms with Crippen molar-refractivity contribution >= 4 is 12.0 Å². The van der Waals surface area contributed by atoms with Gasteiger partial charge in [-0.15, -0.1) is 0 Å². The van der Waals surface area contributed by atoms with Crippen LogP contribution in [0.3, 0.4) is 0 Å². The Bertz CT molecular complexity index is 574. The summed E-state index contributed by atoms with van der Waals surface area (Å²) in [5.41, 5.74) is 2.04. The lowest BCUT2D eigenvalue weighted by Gasteiger charge is -2.51. The monoisotopic (exact) mass is 270 g/mol. The van der Waals surface area contributed by atoms with Crippen LogP contribution in [0.4, 0.5) is 0 Å². The van der Waals surface area contributed by atoms with E-state index < -0.39 is 6.04 Å². The fraction of sp³-hybridized carbons (Fsp3) is 0.375. The van der Waals surface area contributed by atoms with E-state index in [1.807, 2.05) is 43.3 Å². The maximum atomic E-state index is 11.6. The van der Waals surface area contributed by atoms with Crippen LogP contribution in [-0.4, -0.2) is 34.6 Å². The number of carbonyl (C=O) groups is 1. The van der Waals surface area contributed by atoms with E-state index in [9.17, 15) is 15.2 Å². The molecule has 1 saturated heterocycles. The van der Waals surface area contributed by atoms with E-state index in [-0.39, 0.29) is 24.5 Å². The molecule has 20 heavy (non-hydrogen) atoms. The third-order valence-corrected chi connectivity index (χ3v) is 3.80. The fourth-order valence-corrected chi connectivity index (χ4v) is 2.96. The Hall–Kier alpha value is -2.12. The summed E-state index contributed by atoms with van der Waals surface area (Å²) >= 11 is 0. The summed E-state index contributed by atoms with van der Waals surface area (Å²) in [5, 5.41) is 18.9. The Morgan fingerprint density at radius 2 is 2.20 bits per heavy atom. The van der Waals surface area contributed by atoms with Crippen molar-refractivity contribution in [3.05, 3.63) is 41.5 Å². The van der Waals surface area contributed by atoms with Crippen LogP contribution < -0.4 is 0 Å². The van der Waals surface area contributed by atoms with Gasteiger partial charge in [0.15, 0.2) is 0 Å². The highest BCUT2D eigenvalue weighted by atomic mass is 16.3. The minimum absolute atomic E-state index is 0.132. The number of carbonyl (C=O) groups excluding carboxylic acids is 1. The second kappa shape index (κ2) is 5.89. The molecule has 1 aromatic rings. The maximum absolute atomic E-state index is 11.6. The van der Waals surface area contributed by atoms with Crippen LogP contribution in [0.2, 0.25) is 0 Å². The highest BCUT2D eigenvalue weighted by Crippen LogP contribution is 2.41. The van der Waals surface area contributed by atoms with Crippen molar-refractivity contribution in [2.24, 2.45) is 0 Å². The Kier molecular flexibility index (Phi) is 4.21. The molecule has 1 aliphatic heterocycles. The smallest absolute Gasteiger partial charge is 0.220 e. The van der Waals surface area contributed by atoms with Crippen LogP contribution in [0.25, 0.3) is 6.08 Å². The normalized spacial score (nSPS) is 25.3. The largest absolute Gasteiger partial charge is 0.394 e. The van der Waals surface area contributed by atoms with Gasteiger partial charge in [0.25, 0.3) is 0 Å². The summed E-state index contributed by atoms with van der Waals surface area (Å²) < 4.78 is 0. The first kappa shape index (κ1) is 14.3. The molecule has 4 heteroatoms. The third-order valence-electron chi connectivity index (χ3n) is 3.80. The molecule has 2 rings (SSSR count). The number of rotatable bonds is 3. The molecule has 0 aromatic heterocycles. The second-order valence-electron chi connectivity index (χ2n) is 4.90. The number of allylic oxidation sites excluding steroid dienone is 1. The van der Waals surface area contributed by atoms with Gasteiger partial charge in [-0.25, -0.2) is 0 Å². The van der Waals surface area contributed by atoms with Crippen molar-refractivity contribution in [3.8, 4) is 6.07 Å². The van der Waals surface area contributed by atoms with Gasteiger partial charge >= 0.3 is 0 Å². The van der Waals surface area contributed by atoms with Gasteiger partial charge in [0.2, 0.25) is 5.91 Å². The highest BCUT2D eigenvalue weighted by molar-refractivity contribution is 5.77. The van der Waals surface area contributed by atoms with Crippen molar-refractivity contribution in [1.82, 2.24) is 4.90 Å². The Morgan fingerprint density at radius 1 is 1.50 bits per heavy atom. The summed E-state index contributed by atoms with van der Waals surface area (Å²) in [6.07, 6.45) is 3.92. The number of hydrogen-bond donors (Lipinski definition) is 1. The average Bonchev–Trinajstić information content (AvgIpc) is 2.40.